The lowest BCUT2D eigenvalue weighted by Gasteiger charge is -2.25. The van der Waals surface area contributed by atoms with Gasteiger partial charge in [0.15, 0.2) is 11.5 Å². The molecule has 0 bridgehead atoms. The number of benzene rings is 2. The summed E-state index contributed by atoms with van der Waals surface area (Å²) >= 11 is 0. The van der Waals surface area contributed by atoms with Crippen LogP contribution in [0, 0.1) is 5.82 Å². The number of ketones is 1. The van der Waals surface area contributed by atoms with Crippen molar-refractivity contribution in [2.45, 2.75) is 12.6 Å². The van der Waals surface area contributed by atoms with Crippen molar-refractivity contribution in [1.82, 2.24) is 4.90 Å². The standard InChI is InChI=1S/C24H18FNO6/c25-17-6-2-1-5-16(17)21-20(23(28)24(29)26(21)13-15-4-3-9-30-15)22(27)14-7-8-18-19(12-14)32-11-10-31-18/h1-9,12,21,27H,10-11,13H2/b22-20+/t21-/m0/s1. The molecule has 7 nitrogen and oxygen atoms in total. The van der Waals surface area contributed by atoms with Gasteiger partial charge in [0.1, 0.15) is 30.6 Å². The highest BCUT2D eigenvalue weighted by Gasteiger charge is 2.47. The number of aliphatic hydroxyl groups is 1. The number of likely N-dealkylation sites (tertiary alicyclic amines) is 1. The zero-order valence-corrected chi connectivity index (χ0v) is 16.8. The molecule has 0 aliphatic carbocycles. The van der Waals surface area contributed by atoms with Crippen LogP contribution in [0.3, 0.4) is 0 Å². The maximum atomic E-state index is 14.8. The Hall–Kier alpha value is -4.07. The van der Waals surface area contributed by atoms with Crippen LogP contribution in [-0.4, -0.2) is 34.9 Å². The fourth-order valence-electron chi connectivity index (χ4n) is 3.98. The van der Waals surface area contributed by atoms with Gasteiger partial charge in [-0.3, -0.25) is 9.59 Å². The lowest BCUT2D eigenvalue weighted by molar-refractivity contribution is -0.140. The van der Waals surface area contributed by atoms with Crippen LogP contribution < -0.4 is 9.47 Å². The summed E-state index contributed by atoms with van der Waals surface area (Å²) in [6, 6.07) is 12.7. The number of carbonyl (C=O) groups excluding carboxylic acids is 2. The fourth-order valence-corrected chi connectivity index (χ4v) is 3.98. The van der Waals surface area contributed by atoms with Gasteiger partial charge in [-0.25, -0.2) is 4.39 Å². The first kappa shape index (κ1) is 19.9. The van der Waals surface area contributed by atoms with Crippen molar-refractivity contribution in [3.63, 3.8) is 0 Å². The Morgan fingerprint density at radius 2 is 1.81 bits per heavy atom. The summed E-state index contributed by atoms with van der Waals surface area (Å²) in [7, 11) is 0. The van der Waals surface area contributed by atoms with Crippen LogP contribution in [0.15, 0.2) is 70.9 Å². The van der Waals surface area contributed by atoms with E-state index in [9.17, 15) is 19.1 Å². The van der Waals surface area contributed by atoms with Gasteiger partial charge < -0.3 is 23.9 Å². The highest BCUT2D eigenvalue weighted by atomic mass is 19.1. The Bertz CT molecular complexity index is 1230. The first-order valence-corrected chi connectivity index (χ1v) is 10.00. The number of furan rings is 1. The van der Waals surface area contributed by atoms with E-state index in [1.165, 1.54) is 35.4 Å². The molecule has 1 N–H and O–H groups in total. The van der Waals surface area contributed by atoms with E-state index in [2.05, 4.69) is 0 Å². The smallest absolute Gasteiger partial charge is 0.296 e. The maximum absolute atomic E-state index is 14.8. The summed E-state index contributed by atoms with van der Waals surface area (Å²) in [5, 5.41) is 11.1. The third-order valence-electron chi connectivity index (χ3n) is 5.46. The summed E-state index contributed by atoms with van der Waals surface area (Å²) in [5.41, 5.74) is 0.146. The van der Waals surface area contributed by atoms with E-state index < -0.39 is 29.3 Å². The van der Waals surface area contributed by atoms with Crippen molar-refractivity contribution in [3.8, 4) is 11.5 Å². The summed E-state index contributed by atoms with van der Waals surface area (Å²) in [6.45, 7) is 0.692. The first-order valence-electron chi connectivity index (χ1n) is 10.00. The van der Waals surface area contributed by atoms with Crippen LogP contribution >= 0.6 is 0 Å². The molecule has 2 aliphatic rings. The van der Waals surface area contributed by atoms with E-state index in [-0.39, 0.29) is 23.2 Å². The summed E-state index contributed by atoms with van der Waals surface area (Å²) in [5.74, 6) is -1.43. The Kier molecular flexibility index (Phi) is 4.89. The number of fused-ring (bicyclic) bond motifs is 1. The average molecular weight is 435 g/mol. The van der Waals surface area contributed by atoms with E-state index >= 15 is 0 Å². The van der Waals surface area contributed by atoms with Gasteiger partial charge in [-0.05, 0) is 36.4 Å². The van der Waals surface area contributed by atoms with Gasteiger partial charge in [0.2, 0.25) is 0 Å². The Morgan fingerprint density at radius 3 is 2.56 bits per heavy atom. The van der Waals surface area contributed by atoms with Crippen molar-refractivity contribution in [3.05, 3.63) is 89.1 Å². The molecule has 32 heavy (non-hydrogen) atoms. The van der Waals surface area contributed by atoms with Crippen molar-refractivity contribution in [1.29, 1.82) is 0 Å². The molecule has 0 unspecified atom stereocenters. The Morgan fingerprint density at radius 1 is 1.03 bits per heavy atom. The van der Waals surface area contributed by atoms with Gasteiger partial charge >= 0.3 is 0 Å². The number of hydrogen-bond donors (Lipinski definition) is 1. The largest absolute Gasteiger partial charge is 0.507 e. The van der Waals surface area contributed by atoms with Crippen LogP contribution in [0.2, 0.25) is 0 Å². The van der Waals surface area contributed by atoms with Crippen LogP contribution in [0.4, 0.5) is 4.39 Å². The van der Waals surface area contributed by atoms with Gasteiger partial charge in [-0.15, -0.1) is 0 Å². The van der Waals surface area contributed by atoms with E-state index in [1.54, 1.807) is 30.3 Å². The van der Waals surface area contributed by atoms with Crippen LogP contribution in [0.1, 0.15) is 22.9 Å². The molecule has 3 aromatic rings. The first-order chi connectivity index (χ1) is 15.5. The molecule has 5 rings (SSSR count). The number of ether oxygens (including phenoxy) is 2. The zero-order chi connectivity index (χ0) is 22.2. The van der Waals surface area contributed by atoms with Gasteiger partial charge in [0.05, 0.1) is 24.4 Å². The number of amides is 1. The molecule has 162 valence electrons. The van der Waals surface area contributed by atoms with Gasteiger partial charge in [-0.2, -0.15) is 0 Å². The molecule has 0 spiro atoms. The lowest BCUT2D eigenvalue weighted by Crippen LogP contribution is -2.29. The number of nitrogens with zero attached hydrogens (tertiary/aromatic N) is 1. The molecule has 3 heterocycles. The second kappa shape index (κ2) is 7.88. The topological polar surface area (TPSA) is 89.2 Å². The van der Waals surface area contributed by atoms with Crippen molar-refractivity contribution in [2.24, 2.45) is 0 Å². The highest BCUT2D eigenvalue weighted by Crippen LogP contribution is 2.42. The minimum absolute atomic E-state index is 0.0610. The molecular formula is C24H18FNO6. The Balaban J connectivity index is 1.65. The SMILES string of the molecule is O=C1C(=O)N(Cc2ccco2)[C@@H](c2ccccc2F)/C1=C(\O)c1ccc2c(c1)OCCO2. The lowest BCUT2D eigenvalue weighted by atomic mass is 9.94. The van der Waals surface area contributed by atoms with Gasteiger partial charge in [0, 0.05) is 11.1 Å². The average Bonchev–Trinajstić information content (AvgIpc) is 3.41. The molecule has 8 heteroatoms. The van der Waals surface area contributed by atoms with E-state index in [4.69, 9.17) is 13.9 Å². The molecule has 1 fully saturated rings. The zero-order valence-electron chi connectivity index (χ0n) is 16.8. The predicted molar refractivity (Wildman–Crippen MR) is 110 cm³/mol. The normalized spacial score (nSPS) is 19.4. The maximum Gasteiger partial charge on any atom is 0.296 e. The van der Waals surface area contributed by atoms with Gasteiger partial charge in [0.25, 0.3) is 11.7 Å². The third kappa shape index (κ3) is 3.30. The summed E-state index contributed by atoms with van der Waals surface area (Å²) in [6.07, 6.45) is 1.44. The van der Waals surface area contributed by atoms with Crippen molar-refractivity contribution >= 4 is 17.4 Å². The molecule has 0 saturated carbocycles. The molecule has 1 saturated heterocycles. The number of rotatable bonds is 4. The molecule has 2 aromatic carbocycles. The number of halogens is 1. The number of aliphatic hydroxyl groups excluding tert-OH is 1. The second-order valence-electron chi connectivity index (χ2n) is 7.39. The van der Waals surface area contributed by atoms with Crippen molar-refractivity contribution in [2.75, 3.05) is 13.2 Å². The third-order valence-corrected chi connectivity index (χ3v) is 5.46. The van der Waals surface area contributed by atoms with Gasteiger partial charge in [-0.1, -0.05) is 18.2 Å². The number of Topliss-reactive ketones (excluding diaryl/α,β-unsaturated/α-hetero) is 1. The summed E-state index contributed by atoms with van der Waals surface area (Å²) in [4.78, 5) is 27.1. The monoisotopic (exact) mass is 435 g/mol. The molecular weight excluding hydrogens is 417 g/mol. The number of hydrogen-bond acceptors (Lipinski definition) is 6. The van der Waals surface area contributed by atoms with Crippen LogP contribution in [-0.2, 0) is 16.1 Å². The fraction of sp³-hybridized carbons (Fsp3) is 0.167. The van der Waals surface area contributed by atoms with E-state index in [0.29, 0.717) is 30.5 Å². The highest BCUT2D eigenvalue weighted by molar-refractivity contribution is 6.46. The quantitative estimate of drug-likeness (QED) is 0.381. The minimum atomic E-state index is -1.13. The summed E-state index contributed by atoms with van der Waals surface area (Å²) < 4.78 is 31.2. The molecule has 0 radical (unpaired) electrons. The van der Waals surface area contributed by atoms with Crippen molar-refractivity contribution < 1.29 is 33.0 Å². The van der Waals surface area contributed by atoms with E-state index in [0.717, 1.165) is 0 Å². The van der Waals surface area contributed by atoms with E-state index in [1.807, 2.05) is 0 Å². The number of carbonyl (C=O) groups is 2. The minimum Gasteiger partial charge on any atom is -0.507 e. The van der Waals surface area contributed by atoms with Crippen LogP contribution in [0.25, 0.3) is 5.76 Å². The molecule has 1 aromatic heterocycles. The predicted octanol–water partition coefficient (Wildman–Crippen LogP) is 3.81. The molecule has 2 aliphatic heterocycles. The second-order valence-corrected chi connectivity index (χ2v) is 7.39. The molecule has 1 amide bonds. The Labute approximate surface area is 182 Å². The van der Waals surface area contributed by atoms with Crippen LogP contribution in [0.5, 0.6) is 11.5 Å². The molecule has 1 atom stereocenters.